The Hall–Kier alpha value is -3.45. The molecule has 1 saturated carbocycles. The van der Waals surface area contributed by atoms with Gasteiger partial charge in [-0.15, -0.1) is 0 Å². The highest BCUT2D eigenvalue weighted by atomic mass is 35.5. The van der Waals surface area contributed by atoms with Gasteiger partial charge in [0.2, 0.25) is 0 Å². The summed E-state index contributed by atoms with van der Waals surface area (Å²) in [5, 5.41) is 5.31. The van der Waals surface area contributed by atoms with E-state index in [0.717, 1.165) is 46.7 Å². The van der Waals surface area contributed by atoms with Crippen molar-refractivity contribution in [2.45, 2.75) is 38.3 Å². The summed E-state index contributed by atoms with van der Waals surface area (Å²) in [6.07, 6.45) is 5.21. The molecule has 0 atom stereocenters. The number of para-hydroxylation sites is 1. The van der Waals surface area contributed by atoms with Crippen molar-refractivity contribution in [3.05, 3.63) is 71.4 Å². The maximum absolute atomic E-state index is 13.1. The summed E-state index contributed by atoms with van der Waals surface area (Å²) < 4.78 is 1.71. The Bertz CT molecular complexity index is 1180. The van der Waals surface area contributed by atoms with Crippen LogP contribution in [0.3, 0.4) is 0 Å². The van der Waals surface area contributed by atoms with Crippen molar-refractivity contribution in [1.29, 1.82) is 0 Å². The number of aromatic nitrogens is 2. The monoisotopic (exact) mass is 448 g/mol. The predicted molar refractivity (Wildman–Crippen MR) is 119 cm³/mol. The van der Waals surface area contributed by atoms with Crippen LogP contribution in [0.25, 0.3) is 16.9 Å². The van der Waals surface area contributed by atoms with Crippen molar-refractivity contribution >= 4 is 29.4 Å². The third kappa shape index (κ3) is 3.58. The molecule has 1 saturated heterocycles. The molecule has 0 spiro atoms. The molecule has 0 radical (unpaired) electrons. The smallest absolute Gasteiger partial charge is 0.263 e. The van der Waals surface area contributed by atoms with Crippen LogP contribution in [0.15, 0.2) is 60.8 Å². The maximum atomic E-state index is 13.1. The third-order valence-corrected chi connectivity index (χ3v) is 6.28. The summed E-state index contributed by atoms with van der Waals surface area (Å²) in [5.74, 6) is -1.51. The van der Waals surface area contributed by atoms with Crippen LogP contribution in [0.4, 0.5) is 4.79 Å². The Morgan fingerprint density at radius 3 is 2.28 bits per heavy atom. The average molecular weight is 449 g/mol. The van der Waals surface area contributed by atoms with Gasteiger partial charge in [-0.2, -0.15) is 5.10 Å². The van der Waals surface area contributed by atoms with Gasteiger partial charge in [0.05, 0.1) is 17.9 Å². The highest BCUT2D eigenvalue weighted by Gasteiger charge is 2.48. The van der Waals surface area contributed by atoms with Gasteiger partial charge in [0.25, 0.3) is 0 Å². The topological polar surface area (TPSA) is 75.5 Å². The van der Waals surface area contributed by atoms with Crippen molar-refractivity contribution in [2.24, 2.45) is 0 Å². The molecular weight excluding hydrogens is 428 g/mol. The second-order valence-corrected chi connectivity index (χ2v) is 8.51. The Balaban J connectivity index is 1.51. The molecule has 3 aromatic rings. The molecule has 2 aromatic carbocycles. The summed E-state index contributed by atoms with van der Waals surface area (Å²) in [5.41, 5.74) is 2.94. The van der Waals surface area contributed by atoms with E-state index in [1.807, 2.05) is 42.5 Å². The predicted octanol–water partition coefficient (Wildman–Crippen LogP) is 4.43. The minimum Gasteiger partial charge on any atom is -0.263 e. The molecule has 162 valence electrons. The van der Waals surface area contributed by atoms with Crippen LogP contribution in [-0.4, -0.2) is 43.5 Å². The van der Waals surface area contributed by atoms with Crippen molar-refractivity contribution in [3.63, 3.8) is 0 Å². The Morgan fingerprint density at radius 1 is 0.906 bits per heavy atom. The number of imide groups is 2. The van der Waals surface area contributed by atoms with Gasteiger partial charge < -0.3 is 0 Å². The van der Waals surface area contributed by atoms with E-state index in [0.29, 0.717) is 16.3 Å². The van der Waals surface area contributed by atoms with Gasteiger partial charge in [0.15, 0.2) is 0 Å². The van der Waals surface area contributed by atoms with Crippen LogP contribution in [0, 0.1) is 0 Å². The number of hydrogen-bond donors (Lipinski definition) is 0. The molecule has 2 heterocycles. The molecule has 4 amide bonds. The molecule has 0 unspecified atom stereocenters. The Labute approximate surface area is 190 Å². The minimum atomic E-state index is -0.781. The molecule has 7 nitrogen and oxygen atoms in total. The van der Waals surface area contributed by atoms with Gasteiger partial charge in [-0.05, 0) is 37.1 Å². The van der Waals surface area contributed by atoms with Gasteiger partial charge in [0, 0.05) is 28.4 Å². The third-order valence-electron chi connectivity index (χ3n) is 6.03. The zero-order valence-electron chi connectivity index (χ0n) is 17.3. The van der Waals surface area contributed by atoms with Crippen LogP contribution >= 0.6 is 11.6 Å². The number of carbonyl (C=O) groups excluding carboxylic acids is 3. The number of amides is 4. The van der Waals surface area contributed by atoms with E-state index in [-0.39, 0.29) is 12.6 Å². The van der Waals surface area contributed by atoms with Crippen LogP contribution in [0.1, 0.15) is 31.2 Å². The fourth-order valence-electron chi connectivity index (χ4n) is 4.41. The van der Waals surface area contributed by atoms with E-state index < -0.39 is 17.8 Å². The molecular formula is C24H21ClN4O3. The largest absolute Gasteiger partial charge is 0.334 e. The number of rotatable bonds is 5. The van der Waals surface area contributed by atoms with E-state index in [9.17, 15) is 14.4 Å². The normalized spacial score (nSPS) is 17.1. The summed E-state index contributed by atoms with van der Waals surface area (Å²) in [6.45, 7) is -0.0303. The summed E-state index contributed by atoms with van der Waals surface area (Å²) in [6, 6.07) is 16.0. The van der Waals surface area contributed by atoms with E-state index in [1.165, 1.54) is 0 Å². The van der Waals surface area contributed by atoms with Crippen LogP contribution in [0.2, 0.25) is 5.02 Å². The summed E-state index contributed by atoms with van der Waals surface area (Å²) >= 11 is 6.04. The minimum absolute atomic E-state index is 0.0303. The van der Waals surface area contributed by atoms with Crippen molar-refractivity contribution in [3.8, 4) is 16.9 Å². The molecule has 0 N–H and O–H groups in total. The standard InChI is InChI=1S/C24H21ClN4O3/c25-18-12-10-16(11-13-18)21-17(15-28(26-21)19-6-2-1-3-7-19)14-27-22(30)23(31)29(24(27)32)20-8-4-5-9-20/h1-3,6-7,10-13,15,20H,4-5,8-9,14H2. The molecule has 0 bridgehead atoms. The number of nitrogens with zero attached hydrogens (tertiary/aromatic N) is 4. The number of urea groups is 1. The first-order valence-corrected chi connectivity index (χ1v) is 11.0. The van der Waals surface area contributed by atoms with Crippen LogP contribution in [-0.2, 0) is 16.1 Å². The molecule has 5 rings (SSSR count). The molecule has 2 fully saturated rings. The van der Waals surface area contributed by atoms with Gasteiger partial charge in [-0.1, -0.05) is 54.8 Å². The molecule has 1 aliphatic heterocycles. The van der Waals surface area contributed by atoms with Crippen molar-refractivity contribution in [2.75, 3.05) is 0 Å². The molecule has 8 heteroatoms. The lowest BCUT2D eigenvalue weighted by molar-refractivity contribution is -0.144. The highest BCUT2D eigenvalue weighted by molar-refractivity contribution is 6.44. The van der Waals surface area contributed by atoms with E-state index in [1.54, 1.807) is 23.0 Å². The fourth-order valence-corrected chi connectivity index (χ4v) is 4.53. The zero-order chi connectivity index (χ0) is 22.2. The summed E-state index contributed by atoms with van der Waals surface area (Å²) in [7, 11) is 0. The Morgan fingerprint density at radius 2 is 1.59 bits per heavy atom. The van der Waals surface area contributed by atoms with Crippen LogP contribution in [0.5, 0.6) is 0 Å². The number of halogens is 1. The second-order valence-electron chi connectivity index (χ2n) is 8.08. The first-order chi connectivity index (χ1) is 15.5. The highest BCUT2D eigenvalue weighted by Crippen LogP contribution is 2.31. The van der Waals surface area contributed by atoms with E-state index in [4.69, 9.17) is 16.7 Å². The van der Waals surface area contributed by atoms with E-state index >= 15 is 0 Å². The maximum Gasteiger partial charge on any atom is 0.334 e. The Kier molecular flexibility index (Phi) is 5.27. The van der Waals surface area contributed by atoms with Crippen molar-refractivity contribution in [1.82, 2.24) is 19.6 Å². The first-order valence-electron chi connectivity index (χ1n) is 10.6. The van der Waals surface area contributed by atoms with Gasteiger partial charge in [-0.3, -0.25) is 19.4 Å². The number of carbonyl (C=O) groups is 3. The lowest BCUT2D eigenvalue weighted by Crippen LogP contribution is -2.39. The fraction of sp³-hybridized carbons (Fsp3) is 0.250. The van der Waals surface area contributed by atoms with Crippen molar-refractivity contribution < 1.29 is 14.4 Å². The quantitative estimate of drug-likeness (QED) is 0.427. The number of hydrogen-bond acceptors (Lipinski definition) is 4. The van der Waals surface area contributed by atoms with Gasteiger partial charge >= 0.3 is 17.8 Å². The zero-order valence-corrected chi connectivity index (χ0v) is 18.0. The average Bonchev–Trinajstić information content (AvgIpc) is 3.52. The van der Waals surface area contributed by atoms with E-state index in [2.05, 4.69) is 0 Å². The van der Waals surface area contributed by atoms with Gasteiger partial charge in [-0.25, -0.2) is 9.48 Å². The second kappa shape index (κ2) is 8.24. The van der Waals surface area contributed by atoms with Crippen LogP contribution < -0.4 is 0 Å². The molecule has 2 aliphatic rings. The molecule has 1 aliphatic carbocycles. The van der Waals surface area contributed by atoms with Gasteiger partial charge in [0.1, 0.15) is 0 Å². The summed E-state index contributed by atoms with van der Waals surface area (Å²) in [4.78, 5) is 40.6. The lowest BCUT2D eigenvalue weighted by Gasteiger charge is -2.21. The first kappa shape index (κ1) is 20.5. The molecule has 1 aromatic heterocycles. The lowest BCUT2D eigenvalue weighted by atomic mass is 10.1. The molecule has 32 heavy (non-hydrogen) atoms. The SMILES string of the molecule is O=C1C(=O)N(C2CCCC2)C(=O)N1Cc1cn(-c2ccccc2)nc1-c1ccc(Cl)cc1. The number of benzene rings is 2.